The van der Waals surface area contributed by atoms with E-state index >= 15 is 0 Å². The monoisotopic (exact) mass is 194 g/mol. The fraction of sp³-hybridized carbons (Fsp3) is 1.00. The zero-order valence-electron chi connectivity index (χ0n) is 9.97. The summed E-state index contributed by atoms with van der Waals surface area (Å²) in [5.41, 5.74) is 0. The molecule has 0 heterocycles. The quantitative estimate of drug-likeness (QED) is 0.578. The maximum Gasteiger partial charge on any atom is -0.0407 e. The van der Waals surface area contributed by atoms with Crippen LogP contribution in [0.15, 0.2) is 0 Å². The highest BCUT2D eigenvalue weighted by Gasteiger charge is 2.28. The molecule has 14 heavy (non-hydrogen) atoms. The van der Waals surface area contributed by atoms with Crippen molar-refractivity contribution in [1.82, 2.24) is 0 Å². The third kappa shape index (κ3) is 3.29. The van der Waals surface area contributed by atoms with E-state index in [0.717, 1.165) is 23.7 Å². The first-order valence-corrected chi connectivity index (χ1v) is 6.74. The van der Waals surface area contributed by atoms with E-state index in [1.807, 2.05) is 0 Å². The van der Waals surface area contributed by atoms with Crippen LogP contribution < -0.4 is 0 Å². The summed E-state index contributed by atoms with van der Waals surface area (Å²) < 4.78 is 0. The minimum atomic E-state index is 0.916. The Morgan fingerprint density at radius 3 is 1.86 bits per heavy atom. The normalized spacial score (nSPS) is 25.1. The molecule has 0 spiro atoms. The summed E-state index contributed by atoms with van der Waals surface area (Å²) in [4.78, 5) is 0. The molecule has 2 aliphatic rings. The van der Waals surface area contributed by atoms with Gasteiger partial charge in [-0.1, -0.05) is 46.0 Å². The topological polar surface area (TPSA) is 0 Å². The van der Waals surface area contributed by atoms with Crippen LogP contribution in [0, 0.1) is 23.7 Å². The van der Waals surface area contributed by atoms with Gasteiger partial charge in [0.15, 0.2) is 0 Å². The lowest BCUT2D eigenvalue weighted by Gasteiger charge is -2.30. The predicted octanol–water partition coefficient (Wildman–Crippen LogP) is 4.64. The van der Waals surface area contributed by atoms with Crippen LogP contribution >= 0.6 is 0 Å². The van der Waals surface area contributed by atoms with Crippen LogP contribution in [0.1, 0.15) is 65.2 Å². The van der Waals surface area contributed by atoms with Crippen LogP contribution in [-0.4, -0.2) is 0 Å². The Balaban J connectivity index is 1.71. The zero-order chi connectivity index (χ0) is 9.97. The fourth-order valence-electron chi connectivity index (χ4n) is 2.98. The first kappa shape index (κ1) is 10.5. The van der Waals surface area contributed by atoms with Gasteiger partial charge >= 0.3 is 0 Å². The average Bonchev–Trinajstić information content (AvgIpc) is 2.79. The molecule has 0 bridgehead atoms. The van der Waals surface area contributed by atoms with Crippen molar-refractivity contribution in [3.63, 3.8) is 0 Å². The molecule has 0 heteroatoms. The molecule has 2 aliphatic carbocycles. The van der Waals surface area contributed by atoms with Gasteiger partial charge in [-0.05, 0) is 42.9 Å². The summed E-state index contributed by atoms with van der Waals surface area (Å²) >= 11 is 0. The van der Waals surface area contributed by atoms with Gasteiger partial charge in [-0.25, -0.2) is 0 Å². The minimum absolute atomic E-state index is 0.916. The first-order chi connectivity index (χ1) is 6.74. The van der Waals surface area contributed by atoms with Crippen molar-refractivity contribution in [2.45, 2.75) is 65.2 Å². The molecule has 2 rings (SSSR count). The fourth-order valence-corrected chi connectivity index (χ4v) is 2.98. The van der Waals surface area contributed by atoms with Crippen molar-refractivity contribution in [3.8, 4) is 0 Å². The maximum absolute atomic E-state index is 2.39. The van der Waals surface area contributed by atoms with Crippen molar-refractivity contribution < 1.29 is 0 Å². The Kier molecular flexibility index (Phi) is 3.52. The number of rotatable bonds is 6. The average molecular weight is 194 g/mol. The summed E-state index contributed by atoms with van der Waals surface area (Å²) in [5, 5.41) is 0. The van der Waals surface area contributed by atoms with Gasteiger partial charge in [0.1, 0.15) is 0 Å². The van der Waals surface area contributed by atoms with Crippen molar-refractivity contribution in [3.05, 3.63) is 0 Å². The van der Waals surface area contributed by atoms with Crippen LogP contribution in [0.3, 0.4) is 0 Å². The van der Waals surface area contributed by atoms with Crippen molar-refractivity contribution in [1.29, 1.82) is 0 Å². The van der Waals surface area contributed by atoms with Crippen LogP contribution in [0.25, 0.3) is 0 Å². The molecule has 0 nitrogen and oxygen atoms in total. The standard InChI is InChI=1S/C14H26/c1-11(2)8-14(10-13-6-7-13)9-12-4-3-5-12/h11-14H,3-10H2,1-2H3. The van der Waals surface area contributed by atoms with Crippen molar-refractivity contribution in [2.75, 3.05) is 0 Å². The molecular formula is C14H26. The molecule has 0 aromatic carbocycles. The van der Waals surface area contributed by atoms with E-state index in [0.29, 0.717) is 0 Å². The zero-order valence-corrected chi connectivity index (χ0v) is 9.97. The summed E-state index contributed by atoms with van der Waals surface area (Å²) in [6.07, 6.45) is 12.3. The van der Waals surface area contributed by atoms with Crippen LogP contribution in [0.5, 0.6) is 0 Å². The lowest BCUT2D eigenvalue weighted by Crippen LogP contribution is -2.17. The second kappa shape index (κ2) is 4.68. The van der Waals surface area contributed by atoms with E-state index in [-0.39, 0.29) is 0 Å². The Hall–Kier alpha value is 0. The Bertz CT molecular complexity index is 159. The van der Waals surface area contributed by atoms with E-state index in [1.54, 1.807) is 38.5 Å². The van der Waals surface area contributed by atoms with Gasteiger partial charge in [0.2, 0.25) is 0 Å². The molecule has 0 aromatic heterocycles. The molecule has 82 valence electrons. The molecular weight excluding hydrogens is 168 g/mol. The van der Waals surface area contributed by atoms with Gasteiger partial charge in [-0.3, -0.25) is 0 Å². The van der Waals surface area contributed by atoms with Crippen molar-refractivity contribution >= 4 is 0 Å². The maximum atomic E-state index is 2.39. The predicted molar refractivity (Wildman–Crippen MR) is 62.2 cm³/mol. The molecule has 0 N–H and O–H groups in total. The SMILES string of the molecule is CC(C)CC(CC1CCC1)CC1CC1. The van der Waals surface area contributed by atoms with Crippen molar-refractivity contribution in [2.24, 2.45) is 23.7 Å². The highest BCUT2D eigenvalue weighted by atomic mass is 14.3. The molecule has 2 saturated carbocycles. The first-order valence-electron chi connectivity index (χ1n) is 6.74. The second-order valence-corrected chi connectivity index (χ2v) is 6.21. The van der Waals surface area contributed by atoms with Gasteiger partial charge in [0, 0.05) is 0 Å². The van der Waals surface area contributed by atoms with E-state index < -0.39 is 0 Å². The molecule has 0 aromatic rings. The highest BCUT2D eigenvalue weighted by Crippen LogP contribution is 2.41. The Morgan fingerprint density at radius 2 is 1.50 bits per heavy atom. The lowest BCUT2D eigenvalue weighted by atomic mass is 9.76. The molecule has 0 radical (unpaired) electrons. The van der Waals surface area contributed by atoms with Crippen LogP contribution in [0.2, 0.25) is 0 Å². The van der Waals surface area contributed by atoms with E-state index in [2.05, 4.69) is 13.8 Å². The smallest absolute Gasteiger partial charge is 0.0407 e. The van der Waals surface area contributed by atoms with E-state index in [9.17, 15) is 0 Å². The second-order valence-electron chi connectivity index (χ2n) is 6.21. The van der Waals surface area contributed by atoms with Gasteiger partial charge in [-0.15, -0.1) is 0 Å². The minimum Gasteiger partial charge on any atom is -0.0628 e. The van der Waals surface area contributed by atoms with Gasteiger partial charge in [-0.2, -0.15) is 0 Å². The highest BCUT2D eigenvalue weighted by molar-refractivity contribution is 4.80. The molecule has 0 saturated heterocycles. The molecule has 0 aliphatic heterocycles. The number of hydrogen-bond acceptors (Lipinski definition) is 0. The summed E-state index contributed by atoms with van der Waals surface area (Å²) in [6.45, 7) is 4.78. The lowest BCUT2D eigenvalue weighted by molar-refractivity contribution is 0.218. The molecule has 1 unspecified atom stereocenters. The van der Waals surface area contributed by atoms with E-state index in [1.165, 1.54) is 12.8 Å². The summed E-state index contributed by atoms with van der Waals surface area (Å²) in [5.74, 6) is 4.25. The largest absolute Gasteiger partial charge is 0.0628 e. The van der Waals surface area contributed by atoms with Gasteiger partial charge in [0.05, 0.1) is 0 Å². The van der Waals surface area contributed by atoms with Gasteiger partial charge < -0.3 is 0 Å². The Morgan fingerprint density at radius 1 is 0.929 bits per heavy atom. The molecule has 1 atom stereocenters. The third-order valence-corrected chi connectivity index (χ3v) is 4.06. The summed E-state index contributed by atoms with van der Waals surface area (Å²) in [7, 11) is 0. The summed E-state index contributed by atoms with van der Waals surface area (Å²) in [6, 6.07) is 0. The third-order valence-electron chi connectivity index (χ3n) is 4.06. The molecule has 0 amide bonds. The van der Waals surface area contributed by atoms with E-state index in [4.69, 9.17) is 0 Å². The van der Waals surface area contributed by atoms with Crippen LogP contribution in [-0.2, 0) is 0 Å². The van der Waals surface area contributed by atoms with Gasteiger partial charge in [0.25, 0.3) is 0 Å². The number of hydrogen-bond donors (Lipinski definition) is 0. The molecule has 2 fully saturated rings. The Labute approximate surface area is 89.5 Å². The van der Waals surface area contributed by atoms with Crippen LogP contribution in [0.4, 0.5) is 0 Å².